The Kier molecular flexibility index (Phi) is 9.37. The Bertz CT molecular complexity index is 1020. The first-order valence-electron chi connectivity index (χ1n) is 11.9. The van der Waals surface area contributed by atoms with Gasteiger partial charge in [0, 0.05) is 35.4 Å². The Morgan fingerprint density at radius 2 is 1.77 bits per heavy atom. The summed E-state index contributed by atoms with van der Waals surface area (Å²) in [6.45, 7) is 4.88. The molecule has 35 heavy (non-hydrogen) atoms. The molecule has 0 saturated carbocycles. The highest BCUT2D eigenvalue weighted by atomic mass is 35.5. The van der Waals surface area contributed by atoms with E-state index in [0.29, 0.717) is 48.0 Å². The van der Waals surface area contributed by atoms with Gasteiger partial charge in [-0.05, 0) is 74.6 Å². The smallest absolute Gasteiger partial charge is 0.321 e. The van der Waals surface area contributed by atoms with E-state index in [1.807, 2.05) is 13.8 Å². The normalized spacial score (nSPS) is 15.6. The lowest BCUT2D eigenvalue weighted by atomic mass is 9.88. The van der Waals surface area contributed by atoms with Gasteiger partial charge in [0.25, 0.3) is 5.91 Å². The number of likely N-dealkylation sites (tertiary alicyclic amines) is 1. The van der Waals surface area contributed by atoms with Crippen LogP contribution >= 0.6 is 11.6 Å². The third-order valence-electron chi connectivity index (χ3n) is 6.30. The van der Waals surface area contributed by atoms with Crippen molar-refractivity contribution in [3.05, 3.63) is 59.1 Å². The van der Waals surface area contributed by atoms with E-state index in [-0.39, 0.29) is 29.8 Å². The summed E-state index contributed by atoms with van der Waals surface area (Å²) < 4.78 is 5.15. The van der Waals surface area contributed by atoms with E-state index in [0.717, 1.165) is 6.42 Å². The number of piperidine rings is 1. The second-order valence-corrected chi connectivity index (χ2v) is 9.20. The van der Waals surface area contributed by atoms with Crippen LogP contribution in [-0.2, 0) is 4.79 Å². The van der Waals surface area contributed by atoms with E-state index < -0.39 is 6.04 Å². The van der Waals surface area contributed by atoms with Crippen LogP contribution in [0, 0.1) is 5.92 Å². The van der Waals surface area contributed by atoms with Gasteiger partial charge in [-0.2, -0.15) is 0 Å². The fraction of sp³-hybridized carbons (Fsp3) is 0.423. The topological polar surface area (TPSA) is 99.8 Å². The molecule has 1 fully saturated rings. The molecule has 2 aromatic carbocycles. The molecular formula is C26H33ClN4O4. The molecule has 2 aromatic rings. The first-order chi connectivity index (χ1) is 16.8. The monoisotopic (exact) mass is 500 g/mol. The quantitative estimate of drug-likeness (QED) is 0.503. The van der Waals surface area contributed by atoms with Crippen LogP contribution in [0.4, 0.5) is 10.5 Å². The zero-order valence-electron chi connectivity index (χ0n) is 20.3. The molecule has 1 saturated heterocycles. The molecule has 188 valence electrons. The summed E-state index contributed by atoms with van der Waals surface area (Å²) in [4.78, 5) is 40.5. The van der Waals surface area contributed by atoms with Crippen molar-refractivity contribution in [1.82, 2.24) is 15.5 Å². The van der Waals surface area contributed by atoms with Crippen molar-refractivity contribution in [2.45, 2.75) is 45.2 Å². The summed E-state index contributed by atoms with van der Waals surface area (Å²) in [5, 5.41) is 9.33. The molecule has 0 radical (unpaired) electrons. The number of rotatable bonds is 8. The third kappa shape index (κ3) is 7.36. The molecule has 3 rings (SSSR count). The van der Waals surface area contributed by atoms with Crippen molar-refractivity contribution in [3.63, 3.8) is 0 Å². The number of benzene rings is 2. The van der Waals surface area contributed by atoms with Crippen LogP contribution in [0.3, 0.4) is 0 Å². The van der Waals surface area contributed by atoms with Gasteiger partial charge in [0.2, 0.25) is 5.91 Å². The number of nitrogens with one attached hydrogen (secondary N) is 3. The molecule has 1 heterocycles. The lowest BCUT2D eigenvalue weighted by Gasteiger charge is -2.36. The molecule has 0 aromatic heterocycles. The zero-order chi connectivity index (χ0) is 25.4. The van der Waals surface area contributed by atoms with Crippen LogP contribution in [-0.4, -0.2) is 55.0 Å². The fourth-order valence-corrected chi connectivity index (χ4v) is 4.19. The van der Waals surface area contributed by atoms with Crippen molar-refractivity contribution >= 4 is 35.1 Å². The number of hydrogen-bond acceptors (Lipinski definition) is 4. The van der Waals surface area contributed by atoms with Crippen LogP contribution in [0.15, 0.2) is 48.5 Å². The van der Waals surface area contributed by atoms with Crippen LogP contribution in [0.25, 0.3) is 0 Å². The summed E-state index contributed by atoms with van der Waals surface area (Å²) in [6.07, 6.45) is 1.96. The van der Waals surface area contributed by atoms with E-state index in [9.17, 15) is 14.4 Å². The van der Waals surface area contributed by atoms with E-state index >= 15 is 0 Å². The lowest BCUT2D eigenvalue weighted by molar-refractivity contribution is -0.125. The molecule has 9 heteroatoms. The van der Waals surface area contributed by atoms with E-state index in [1.165, 1.54) is 0 Å². The molecule has 2 atom stereocenters. The maximum atomic E-state index is 13.1. The summed E-state index contributed by atoms with van der Waals surface area (Å²) >= 11 is 6.00. The first kappa shape index (κ1) is 26.3. The minimum atomic E-state index is -0.697. The van der Waals surface area contributed by atoms with Crippen LogP contribution in [0.5, 0.6) is 5.75 Å². The number of urea groups is 1. The Balaban J connectivity index is 1.65. The number of amides is 4. The van der Waals surface area contributed by atoms with Gasteiger partial charge in [-0.1, -0.05) is 24.6 Å². The largest absolute Gasteiger partial charge is 0.497 e. The SMILES string of the molecule is CC[C@@H](C)NC(=O)[C@@H](NC(=O)c1ccc(OC)cc1)C1CCN(C(=O)Nc2cccc(Cl)c2)CC1. The van der Waals surface area contributed by atoms with Crippen LogP contribution in [0.1, 0.15) is 43.5 Å². The van der Waals surface area contributed by atoms with Gasteiger partial charge in [0.1, 0.15) is 11.8 Å². The van der Waals surface area contributed by atoms with Crippen LogP contribution in [0.2, 0.25) is 5.02 Å². The van der Waals surface area contributed by atoms with Gasteiger partial charge in [-0.15, -0.1) is 0 Å². The highest BCUT2D eigenvalue weighted by Gasteiger charge is 2.34. The fourth-order valence-electron chi connectivity index (χ4n) is 4.00. The molecule has 0 aliphatic carbocycles. The van der Waals surface area contributed by atoms with Gasteiger partial charge in [0.05, 0.1) is 7.11 Å². The summed E-state index contributed by atoms with van der Waals surface area (Å²) in [5.74, 6) is 0.0219. The maximum Gasteiger partial charge on any atom is 0.321 e. The van der Waals surface area contributed by atoms with Crippen molar-refractivity contribution in [2.24, 2.45) is 5.92 Å². The summed E-state index contributed by atoms with van der Waals surface area (Å²) in [5.41, 5.74) is 1.08. The number of ether oxygens (including phenoxy) is 1. The predicted octanol–water partition coefficient (Wildman–Crippen LogP) is 4.31. The van der Waals surface area contributed by atoms with E-state index in [2.05, 4.69) is 16.0 Å². The van der Waals surface area contributed by atoms with Gasteiger partial charge in [-0.3, -0.25) is 9.59 Å². The molecule has 0 spiro atoms. The van der Waals surface area contributed by atoms with Crippen LogP contribution < -0.4 is 20.7 Å². The van der Waals surface area contributed by atoms with Gasteiger partial charge in [-0.25, -0.2) is 4.79 Å². The minimum Gasteiger partial charge on any atom is -0.497 e. The Hall–Kier alpha value is -3.26. The van der Waals surface area contributed by atoms with Gasteiger partial charge < -0.3 is 25.6 Å². The Labute approximate surface area is 211 Å². The highest BCUT2D eigenvalue weighted by Crippen LogP contribution is 2.23. The Morgan fingerprint density at radius 3 is 2.37 bits per heavy atom. The summed E-state index contributed by atoms with van der Waals surface area (Å²) in [7, 11) is 1.56. The average molecular weight is 501 g/mol. The Morgan fingerprint density at radius 1 is 1.09 bits per heavy atom. The maximum absolute atomic E-state index is 13.1. The molecule has 1 aliphatic rings. The molecule has 1 aliphatic heterocycles. The molecule has 3 N–H and O–H groups in total. The number of carbonyl (C=O) groups excluding carboxylic acids is 3. The van der Waals surface area contributed by atoms with Gasteiger partial charge in [0.15, 0.2) is 0 Å². The van der Waals surface area contributed by atoms with Crippen molar-refractivity contribution in [2.75, 3.05) is 25.5 Å². The third-order valence-corrected chi connectivity index (χ3v) is 6.53. The average Bonchev–Trinajstić information content (AvgIpc) is 2.87. The zero-order valence-corrected chi connectivity index (χ0v) is 21.1. The number of halogens is 1. The second-order valence-electron chi connectivity index (χ2n) is 8.76. The molecule has 8 nitrogen and oxygen atoms in total. The molecular weight excluding hydrogens is 468 g/mol. The number of nitrogens with zero attached hydrogens (tertiary/aromatic N) is 1. The number of carbonyl (C=O) groups is 3. The predicted molar refractivity (Wildman–Crippen MR) is 137 cm³/mol. The highest BCUT2D eigenvalue weighted by molar-refractivity contribution is 6.30. The molecule has 0 bridgehead atoms. The van der Waals surface area contributed by atoms with E-state index in [1.54, 1.807) is 60.5 Å². The van der Waals surface area contributed by atoms with Crippen molar-refractivity contribution in [1.29, 1.82) is 0 Å². The number of methoxy groups -OCH3 is 1. The summed E-state index contributed by atoms with van der Waals surface area (Å²) in [6, 6.07) is 12.8. The number of hydrogen-bond donors (Lipinski definition) is 3. The molecule has 0 unspecified atom stereocenters. The standard InChI is InChI=1S/C26H33ClN4O4/c1-4-17(2)28-25(33)23(30-24(32)19-8-10-22(35-3)11-9-19)18-12-14-31(15-13-18)26(34)29-21-7-5-6-20(27)16-21/h5-11,16-18,23H,4,12-15H2,1-3H3,(H,28,33)(H,29,34)(H,30,32)/t17-,23+/m1/s1. The minimum absolute atomic E-state index is 0.00792. The molecule has 4 amide bonds. The first-order valence-corrected chi connectivity index (χ1v) is 12.2. The van der Waals surface area contributed by atoms with E-state index in [4.69, 9.17) is 16.3 Å². The number of anilines is 1. The lowest BCUT2D eigenvalue weighted by Crippen LogP contribution is -2.55. The van der Waals surface area contributed by atoms with Crippen molar-refractivity contribution in [3.8, 4) is 5.75 Å². The van der Waals surface area contributed by atoms with Crippen molar-refractivity contribution < 1.29 is 19.1 Å². The second kappa shape index (κ2) is 12.4. The van der Waals surface area contributed by atoms with Gasteiger partial charge >= 0.3 is 6.03 Å².